The predicted molar refractivity (Wildman–Crippen MR) is 388 cm³/mol. The maximum absolute atomic E-state index is 13.5. The number of benzene rings is 1. The van der Waals surface area contributed by atoms with E-state index in [1.54, 1.807) is 52.1 Å². The molecule has 4 unspecified atom stereocenters. The van der Waals surface area contributed by atoms with Gasteiger partial charge in [0.25, 0.3) is 17.5 Å². The number of piperidine rings is 2. The summed E-state index contributed by atoms with van der Waals surface area (Å²) >= 11 is 0. The van der Waals surface area contributed by atoms with Crippen molar-refractivity contribution in [2.75, 3.05) is 36.9 Å². The first-order valence-electron chi connectivity index (χ1n) is 35.0. The second-order valence-electron chi connectivity index (χ2n) is 30.2. The van der Waals surface area contributed by atoms with E-state index in [0.29, 0.717) is 86.0 Å². The van der Waals surface area contributed by atoms with E-state index in [1.165, 1.54) is 67.7 Å². The van der Waals surface area contributed by atoms with Gasteiger partial charge in [-0.25, -0.2) is 28.9 Å². The van der Waals surface area contributed by atoms with Crippen molar-refractivity contribution in [1.29, 1.82) is 0 Å². The number of hydrogen-bond acceptors (Lipinski definition) is 20. The average Bonchev–Trinajstić information content (AvgIpc) is 1.78. The van der Waals surface area contributed by atoms with Crippen LogP contribution in [0.3, 0.4) is 0 Å². The second kappa shape index (κ2) is 31.8. The lowest BCUT2D eigenvalue weighted by molar-refractivity contribution is -0.384. The van der Waals surface area contributed by atoms with Crippen LogP contribution in [0.2, 0.25) is 36.3 Å². The quantitative estimate of drug-likeness (QED) is 0.0460. The summed E-state index contributed by atoms with van der Waals surface area (Å²) < 4.78 is 21.6. The summed E-state index contributed by atoms with van der Waals surface area (Å²) in [5, 5.41) is 44.9. The lowest BCUT2D eigenvalue weighted by Crippen LogP contribution is -2.51. The number of carbonyl (C=O) groups excluding carboxylic acids is 4. The third-order valence-electron chi connectivity index (χ3n) is 21.0. The van der Waals surface area contributed by atoms with Crippen molar-refractivity contribution in [1.82, 2.24) is 80.4 Å². The summed E-state index contributed by atoms with van der Waals surface area (Å²) in [6.45, 7) is 28.7. The van der Waals surface area contributed by atoms with Gasteiger partial charge in [-0.05, 0) is 212 Å². The van der Waals surface area contributed by atoms with Crippen molar-refractivity contribution in [3.63, 3.8) is 0 Å². The fourth-order valence-electron chi connectivity index (χ4n) is 13.0. The fourth-order valence-corrected chi connectivity index (χ4v) is 15.2. The zero-order valence-electron chi connectivity index (χ0n) is 60.0. The zero-order valence-corrected chi connectivity index (χ0v) is 62.8. The molecule has 12 heterocycles. The Balaban J connectivity index is 0.000000193. The molecule has 4 bridgehead atoms. The number of nitrogens with one attached hydrogen (secondary N) is 3. The highest BCUT2D eigenvalue weighted by Crippen LogP contribution is 2.40. The largest absolute Gasteiger partial charge is 0.415 e. The van der Waals surface area contributed by atoms with E-state index in [4.69, 9.17) is 13.6 Å². The maximum atomic E-state index is 13.5. The van der Waals surface area contributed by atoms with E-state index in [0.717, 1.165) is 66.4 Å². The third-order valence-corrected chi connectivity index (χ3v) is 30.0. The molecular formula is C70H96ClN19O9Si2. The van der Waals surface area contributed by atoms with Crippen LogP contribution in [0.5, 0.6) is 5.75 Å². The highest BCUT2D eigenvalue weighted by Gasteiger charge is 2.43. The Morgan fingerprint density at radius 3 is 1.53 bits per heavy atom. The number of nitro benzene ring substituents is 1. The molecule has 0 saturated carbocycles. The number of nitrogens with zero attached hydrogens (tertiary/aromatic N) is 16. The molecule has 6 aliphatic rings. The second-order valence-corrected chi connectivity index (χ2v) is 39.8. The molecule has 5 amide bonds. The molecular weight excluding hydrogens is 1340 g/mol. The molecule has 6 aromatic heterocycles. The molecule has 7 aromatic rings. The van der Waals surface area contributed by atoms with E-state index in [1.807, 2.05) is 36.9 Å². The van der Waals surface area contributed by atoms with Crippen molar-refractivity contribution >= 4 is 70.3 Å². The summed E-state index contributed by atoms with van der Waals surface area (Å²) in [4.78, 5) is 86.9. The molecule has 6 aliphatic heterocycles. The molecule has 3 N–H and O–H groups in total. The highest BCUT2D eigenvalue weighted by atomic mass is 35.5. The normalized spacial score (nSPS) is 19.2. The monoisotopic (exact) mass is 1440 g/mol. The number of ether oxygens (including phenoxy) is 1. The number of amides is 5. The summed E-state index contributed by atoms with van der Waals surface area (Å²) in [6, 6.07) is 21.7. The van der Waals surface area contributed by atoms with Crippen LogP contribution in [-0.2, 0) is 34.8 Å². The molecule has 4 fully saturated rings. The van der Waals surface area contributed by atoms with Gasteiger partial charge >= 0.3 is 12.1 Å². The first-order valence-corrected chi connectivity index (χ1v) is 40.8. The first-order chi connectivity index (χ1) is 47.6. The predicted octanol–water partition coefficient (Wildman–Crippen LogP) is 12.6. The van der Waals surface area contributed by atoms with Crippen molar-refractivity contribution in [2.24, 2.45) is 0 Å². The van der Waals surface area contributed by atoms with Crippen molar-refractivity contribution in [3.8, 4) is 28.8 Å². The number of anilines is 2. The van der Waals surface area contributed by atoms with Gasteiger partial charge in [0.1, 0.15) is 40.2 Å². The Kier molecular flexibility index (Phi) is 23.6. The molecule has 4 saturated heterocycles. The molecule has 101 heavy (non-hydrogen) atoms. The van der Waals surface area contributed by atoms with Crippen LogP contribution in [0.15, 0.2) is 85.2 Å². The summed E-state index contributed by atoms with van der Waals surface area (Å²) in [5.74, 6) is 0.957. The molecule has 540 valence electrons. The number of pyridine rings is 4. The Morgan fingerprint density at radius 2 is 1.08 bits per heavy atom. The number of nitro groups is 1. The number of fused-ring (bicyclic) bond motifs is 6. The third kappa shape index (κ3) is 18.0. The van der Waals surface area contributed by atoms with Crippen LogP contribution >= 0.6 is 12.4 Å². The van der Waals surface area contributed by atoms with Gasteiger partial charge in [0.15, 0.2) is 16.6 Å². The number of rotatable bonds is 16. The van der Waals surface area contributed by atoms with Crippen LogP contribution in [0.4, 0.5) is 26.9 Å². The molecule has 0 spiro atoms. The molecule has 1 aromatic carbocycles. The molecule has 6 atom stereocenters. The Morgan fingerprint density at radius 1 is 0.624 bits per heavy atom. The summed E-state index contributed by atoms with van der Waals surface area (Å²) in [6.07, 6.45) is 17.0. The van der Waals surface area contributed by atoms with E-state index in [9.17, 15) is 29.3 Å². The SMILES string of the molecule is C1CC2CCC(C1)N2.C[C@H](CO[Si](C)(C)C(C)(C)C)n1nnnc1-c1cccc(NC(=O)c2cc3c(cn2)CCN(C(=O)N2C4CCCC2CC4)C3)n1.C[C@H](CO[Si](C)(C)C(C)(C)C)n1nnnc1-c1cccc(NC(=O)c2cc3c(cn2)CCN(C(=O)Oc2ccc([N+](=O)[O-])cc2)C3)n1.Cl. The lowest BCUT2D eigenvalue weighted by Gasteiger charge is -2.40. The maximum Gasteiger partial charge on any atom is 0.415 e. The standard InChI is InChI=1S/C32H45N9O3Si.C31H37N9O6Si.C7H13N.ClH/c1-21(20-44-45(5,6)32(2,3)4)41-29(36-37-38-41)26-11-8-12-28(34-26)35-30(42)27-17-23-19-39(16-15-22(23)18-33-27)31(43)40-24-9-7-10-25(40)14-13-24;1-20(19-45-47(5,6)31(2,3)4)39-28(35-36-37-39)25-8-7-9-27(33-25)34-29(41)26-16-22-18-38(15-14-21(22)17-32-26)30(42)46-24-12-10-23(11-13-24)40(43)44;1-2-6-4-5-7(3-1)8-6;/h8,11-12,17-18,21,24-25H,7,9-10,13-16,19-20H2,1-6H3,(H,34,35,42);7-13,16-17,20H,14-15,18-19H2,1-6H3,(H,33,34,41);6-8H,1-5H2;1H/t21-,24?,25?;20-;;/m11../s1. The average molecular weight is 1440 g/mol. The van der Waals surface area contributed by atoms with Crippen LogP contribution in [0.25, 0.3) is 23.0 Å². The zero-order chi connectivity index (χ0) is 71.3. The van der Waals surface area contributed by atoms with Crippen LogP contribution < -0.4 is 20.7 Å². The Labute approximate surface area is 598 Å². The van der Waals surface area contributed by atoms with E-state index < -0.39 is 33.6 Å². The fraction of sp³-hybridized carbons (Fsp3) is 0.543. The molecule has 0 radical (unpaired) electrons. The Hall–Kier alpha value is -8.56. The van der Waals surface area contributed by atoms with Crippen LogP contribution in [-0.4, -0.2) is 171 Å². The van der Waals surface area contributed by atoms with Gasteiger partial charge in [0, 0.05) is 74.9 Å². The van der Waals surface area contributed by atoms with Gasteiger partial charge in [0.05, 0.1) is 30.2 Å². The van der Waals surface area contributed by atoms with Gasteiger partial charge in [-0.15, -0.1) is 22.6 Å². The number of urea groups is 1. The van der Waals surface area contributed by atoms with E-state index in [2.05, 4.69) is 140 Å². The van der Waals surface area contributed by atoms with Crippen LogP contribution in [0.1, 0.15) is 175 Å². The molecule has 31 heteroatoms. The molecule has 28 nitrogen and oxygen atoms in total. The lowest BCUT2D eigenvalue weighted by atomic mass is 10.00. The topological polar surface area (TPSA) is 324 Å². The summed E-state index contributed by atoms with van der Waals surface area (Å²) in [7, 11) is -3.91. The minimum absolute atomic E-state index is 0. The van der Waals surface area contributed by atoms with Crippen molar-refractivity contribution < 1.29 is 37.7 Å². The number of tetrazole rings is 2. The van der Waals surface area contributed by atoms with Crippen molar-refractivity contribution in [2.45, 2.75) is 218 Å². The van der Waals surface area contributed by atoms with Gasteiger partial charge < -0.3 is 44.2 Å². The molecule has 13 rings (SSSR count). The number of aromatic nitrogens is 12. The minimum atomic E-state index is -1.97. The number of non-ortho nitro benzene ring substituents is 1. The number of carbonyl (C=O) groups is 4. The van der Waals surface area contributed by atoms with Crippen LogP contribution in [0, 0.1) is 10.1 Å². The Bertz CT molecular complexity index is 4060. The summed E-state index contributed by atoms with van der Waals surface area (Å²) in [5.41, 5.74) is 5.08. The number of halogens is 1. The van der Waals surface area contributed by atoms with Gasteiger partial charge in [0.2, 0.25) is 11.6 Å². The highest BCUT2D eigenvalue weighted by molar-refractivity contribution is 6.74. The molecule has 0 aliphatic carbocycles. The van der Waals surface area contributed by atoms with Crippen molar-refractivity contribution in [3.05, 3.63) is 129 Å². The van der Waals surface area contributed by atoms with E-state index >= 15 is 0 Å². The van der Waals surface area contributed by atoms with Gasteiger partial charge in [-0.3, -0.25) is 29.7 Å². The first kappa shape index (κ1) is 75.1. The van der Waals surface area contributed by atoms with E-state index in [-0.39, 0.29) is 75.9 Å². The smallest absolute Gasteiger partial charge is 0.415 e. The van der Waals surface area contributed by atoms with Gasteiger partial charge in [-0.1, -0.05) is 60.1 Å². The minimum Gasteiger partial charge on any atom is -0.415 e. The number of hydrogen-bond donors (Lipinski definition) is 3. The van der Waals surface area contributed by atoms with Gasteiger partial charge in [-0.2, -0.15) is 0 Å².